The highest BCUT2D eigenvalue weighted by atomic mass is 35.5. The summed E-state index contributed by atoms with van der Waals surface area (Å²) in [5.41, 5.74) is 0.941. The van der Waals surface area contributed by atoms with Gasteiger partial charge in [-0.3, -0.25) is 9.59 Å². The Bertz CT molecular complexity index is 1260. The van der Waals surface area contributed by atoms with Gasteiger partial charge in [0, 0.05) is 13.1 Å². The van der Waals surface area contributed by atoms with Gasteiger partial charge in [0.25, 0.3) is 5.91 Å². The number of para-hydroxylation sites is 1. The zero-order valence-electron chi connectivity index (χ0n) is 19.1. The summed E-state index contributed by atoms with van der Waals surface area (Å²) in [6, 6.07) is 15.4. The van der Waals surface area contributed by atoms with E-state index in [1.54, 1.807) is 42.2 Å². The normalized spacial score (nSPS) is 15.5. The van der Waals surface area contributed by atoms with Gasteiger partial charge in [-0.25, -0.2) is 4.79 Å². The standard InChI is InChI=1S/C26H25Cl2N3O4/c1-2-35-25(33)18-9-6-12-31(15-18)24(32)19-13-16-7-3-4-8-17(16)14-22(19)29-26(34)30-23-20(27)10-5-11-21(23)28/h3-5,7-8,10-11,13-14,18H,2,6,9,12,15H2,1H3,(H2,29,30,34). The molecule has 0 spiro atoms. The first-order chi connectivity index (χ1) is 16.9. The molecule has 0 saturated carbocycles. The molecule has 35 heavy (non-hydrogen) atoms. The quantitative estimate of drug-likeness (QED) is 0.397. The van der Waals surface area contributed by atoms with Crippen molar-refractivity contribution in [3.8, 4) is 0 Å². The Labute approximate surface area is 213 Å². The molecule has 2 N–H and O–H groups in total. The molecule has 0 bridgehead atoms. The van der Waals surface area contributed by atoms with E-state index >= 15 is 0 Å². The SMILES string of the molecule is CCOC(=O)C1CCCN(C(=O)c2cc3ccccc3cc2NC(=O)Nc2c(Cl)cccc2Cl)C1. The van der Waals surface area contributed by atoms with Crippen LogP contribution in [0.3, 0.4) is 0 Å². The zero-order chi connectivity index (χ0) is 24.9. The van der Waals surface area contributed by atoms with Gasteiger partial charge >= 0.3 is 12.0 Å². The van der Waals surface area contributed by atoms with Crippen molar-refractivity contribution in [3.05, 3.63) is 70.2 Å². The van der Waals surface area contributed by atoms with Gasteiger partial charge < -0.3 is 20.3 Å². The maximum atomic E-state index is 13.6. The Kier molecular flexibility index (Phi) is 7.78. The van der Waals surface area contributed by atoms with Gasteiger partial charge in [-0.1, -0.05) is 53.5 Å². The summed E-state index contributed by atoms with van der Waals surface area (Å²) < 4.78 is 5.16. The van der Waals surface area contributed by atoms with Gasteiger partial charge in [0.05, 0.1) is 39.5 Å². The topological polar surface area (TPSA) is 87.7 Å². The van der Waals surface area contributed by atoms with Gasteiger partial charge in [0.2, 0.25) is 0 Å². The second-order valence-electron chi connectivity index (χ2n) is 8.26. The number of hydrogen-bond acceptors (Lipinski definition) is 4. The summed E-state index contributed by atoms with van der Waals surface area (Å²) in [5.74, 6) is -0.927. The number of esters is 1. The van der Waals surface area contributed by atoms with Gasteiger partial charge in [-0.05, 0) is 54.8 Å². The molecule has 1 unspecified atom stereocenters. The number of carbonyl (C=O) groups excluding carboxylic acids is 3. The predicted octanol–water partition coefficient (Wildman–Crippen LogP) is 6.21. The molecule has 1 saturated heterocycles. The van der Waals surface area contributed by atoms with Crippen molar-refractivity contribution in [2.45, 2.75) is 19.8 Å². The third-order valence-electron chi connectivity index (χ3n) is 5.89. The highest BCUT2D eigenvalue weighted by Gasteiger charge is 2.31. The minimum atomic E-state index is -0.590. The minimum Gasteiger partial charge on any atom is -0.466 e. The lowest BCUT2D eigenvalue weighted by Gasteiger charge is -2.32. The molecule has 182 valence electrons. The molecule has 7 nitrogen and oxygen atoms in total. The van der Waals surface area contributed by atoms with Crippen LogP contribution in [-0.4, -0.2) is 42.5 Å². The minimum absolute atomic E-state index is 0.268. The molecule has 1 aliphatic rings. The molecule has 4 rings (SSSR count). The molecule has 1 atom stereocenters. The summed E-state index contributed by atoms with van der Waals surface area (Å²) in [4.78, 5) is 40.4. The summed E-state index contributed by atoms with van der Waals surface area (Å²) >= 11 is 12.3. The van der Waals surface area contributed by atoms with E-state index in [-0.39, 0.29) is 30.0 Å². The van der Waals surface area contributed by atoms with E-state index < -0.39 is 6.03 Å². The lowest BCUT2D eigenvalue weighted by molar-refractivity contribution is -0.149. The number of halogens is 2. The lowest BCUT2D eigenvalue weighted by atomic mass is 9.96. The van der Waals surface area contributed by atoms with E-state index in [1.165, 1.54) is 0 Å². The third-order valence-corrected chi connectivity index (χ3v) is 6.52. The van der Waals surface area contributed by atoms with E-state index in [0.717, 1.165) is 10.8 Å². The second-order valence-corrected chi connectivity index (χ2v) is 9.08. The van der Waals surface area contributed by atoms with Crippen LogP contribution >= 0.6 is 23.2 Å². The second kappa shape index (κ2) is 11.0. The van der Waals surface area contributed by atoms with Crippen molar-refractivity contribution in [3.63, 3.8) is 0 Å². The number of benzene rings is 3. The van der Waals surface area contributed by atoms with E-state index in [1.807, 2.05) is 24.3 Å². The Morgan fingerprint density at radius 3 is 2.37 bits per heavy atom. The van der Waals surface area contributed by atoms with Gasteiger partial charge in [0.15, 0.2) is 0 Å². The Hall–Kier alpha value is -3.29. The number of rotatable bonds is 5. The average Bonchev–Trinajstić information content (AvgIpc) is 2.86. The van der Waals surface area contributed by atoms with Crippen molar-refractivity contribution in [1.29, 1.82) is 0 Å². The maximum Gasteiger partial charge on any atom is 0.323 e. The number of hydrogen-bond donors (Lipinski definition) is 2. The molecule has 3 aromatic rings. The number of fused-ring (bicyclic) bond motifs is 1. The number of likely N-dealkylation sites (tertiary alicyclic amines) is 1. The summed E-state index contributed by atoms with van der Waals surface area (Å²) in [5, 5.41) is 7.73. The number of anilines is 2. The molecule has 1 heterocycles. The number of piperidine rings is 1. The number of urea groups is 1. The molecule has 0 radical (unpaired) electrons. The fourth-order valence-corrected chi connectivity index (χ4v) is 4.68. The van der Waals surface area contributed by atoms with Crippen LogP contribution in [0.2, 0.25) is 10.0 Å². The summed E-state index contributed by atoms with van der Waals surface area (Å²) in [6.07, 6.45) is 1.36. The number of amides is 3. The third kappa shape index (κ3) is 5.69. The Balaban J connectivity index is 1.62. The first kappa shape index (κ1) is 24.8. The van der Waals surface area contributed by atoms with Crippen molar-refractivity contribution in [2.75, 3.05) is 30.3 Å². The van der Waals surface area contributed by atoms with Crippen LogP contribution < -0.4 is 10.6 Å². The first-order valence-corrected chi connectivity index (χ1v) is 12.1. The number of nitrogens with one attached hydrogen (secondary N) is 2. The van der Waals surface area contributed by atoms with Crippen LogP contribution in [0.25, 0.3) is 10.8 Å². The highest BCUT2D eigenvalue weighted by molar-refractivity contribution is 6.39. The molecule has 1 aliphatic heterocycles. The molecule has 3 amide bonds. The molecular weight excluding hydrogens is 489 g/mol. The van der Waals surface area contributed by atoms with Crippen LogP contribution in [0.1, 0.15) is 30.1 Å². The average molecular weight is 514 g/mol. The van der Waals surface area contributed by atoms with Crippen LogP contribution in [-0.2, 0) is 9.53 Å². The lowest BCUT2D eigenvalue weighted by Crippen LogP contribution is -2.43. The van der Waals surface area contributed by atoms with Crippen LogP contribution in [0.5, 0.6) is 0 Å². The molecule has 1 fully saturated rings. The number of ether oxygens (including phenoxy) is 1. The monoisotopic (exact) mass is 513 g/mol. The maximum absolute atomic E-state index is 13.6. The fourth-order valence-electron chi connectivity index (χ4n) is 4.19. The predicted molar refractivity (Wildman–Crippen MR) is 138 cm³/mol. The van der Waals surface area contributed by atoms with Crippen LogP contribution in [0.4, 0.5) is 16.2 Å². The van der Waals surface area contributed by atoms with Gasteiger partial charge in [-0.15, -0.1) is 0 Å². The highest BCUT2D eigenvalue weighted by Crippen LogP contribution is 2.31. The Morgan fingerprint density at radius 2 is 1.69 bits per heavy atom. The molecule has 9 heteroatoms. The smallest absolute Gasteiger partial charge is 0.323 e. The van der Waals surface area contributed by atoms with Gasteiger partial charge in [0.1, 0.15) is 0 Å². The van der Waals surface area contributed by atoms with Crippen LogP contribution in [0.15, 0.2) is 54.6 Å². The molecule has 0 aliphatic carbocycles. The van der Waals surface area contributed by atoms with E-state index in [2.05, 4.69) is 10.6 Å². The van der Waals surface area contributed by atoms with Crippen molar-refractivity contribution in [1.82, 2.24) is 4.90 Å². The van der Waals surface area contributed by atoms with Crippen LogP contribution in [0, 0.1) is 5.92 Å². The van der Waals surface area contributed by atoms with E-state index in [9.17, 15) is 14.4 Å². The zero-order valence-corrected chi connectivity index (χ0v) is 20.7. The number of nitrogens with zero attached hydrogens (tertiary/aromatic N) is 1. The van der Waals surface area contributed by atoms with Crippen molar-refractivity contribution in [2.24, 2.45) is 5.92 Å². The molecule has 0 aromatic heterocycles. The number of carbonyl (C=O) groups is 3. The fraction of sp³-hybridized carbons (Fsp3) is 0.269. The van der Waals surface area contributed by atoms with E-state index in [4.69, 9.17) is 27.9 Å². The summed E-state index contributed by atoms with van der Waals surface area (Å²) in [7, 11) is 0. The van der Waals surface area contributed by atoms with Crippen molar-refractivity contribution < 1.29 is 19.1 Å². The van der Waals surface area contributed by atoms with Crippen molar-refractivity contribution >= 4 is 63.3 Å². The van der Waals surface area contributed by atoms with Gasteiger partial charge in [-0.2, -0.15) is 0 Å². The largest absolute Gasteiger partial charge is 0.466 e. The molecular formula is C26H25Cl2N3O4. The Morgan fingerprint density at radius 1 is 1.00 bits per heavy atom. The van der Waals surface area contributed by atoms with E-state index in [0.29, 0.717) is 47.3 Å². The molecule has 3 aromatic carbocycles. The first-order valence-electron chi connectivity index (χ1n) is 11.4. The summed E-state index contributed by atoms with van der Waals surface area (Å²) in [6.45, 7) is 2.85.